The second-order valence-corrected chi connectivity index (χ2v) is 2.73. The van der Waals surface area contributed by atoms with Gasteiger partial charge in [0.1, 0.15) is 12.2 Å². The maximum atomic E-state index is 9.58. The topological polar surface area (TPSA) is 87.7 Å². The summed E-state index contributed by atoms with van der Waals surface area (Å²) in [4.78, 5) is 0. The largest absolute Gasteiger partial charge is 0.493 e. The smallest absolute Gasteiger partial charge is 0.149 e. The molecule has 0 aromatic heterocycles. The van der Waals surface area contributed by atoms with Gasteiger partial charge in [0, 0.05) is 12.4 Å². The van der Waals surface area contributed by atoms with Crippen LogP contribution in [0.5, 0.6) is 0 Å². The van der Waals surface area contributed by atoms with Gasteiger partial charge in [-0.15, -0.1) is 0 Å². The highest BCUT2D eigenvalue weighted by molar-refractivity contribution is 5.03. The average molecular weight is 186 g/mol. The van der Waals surface area contributed by atoms with Crippen molar-refractivity contribution in [1.82, 2.24) is 5.32 Å². The summed E-state index contributed by atoms with van der Waals surface area (Å²) in [5.41, 5.74) is 5.13. The molecule has 74 valence electrons. The molecular formula is C8H14N2O3. The maximum Gasteiger partial charge on any atom is 0.149 e. The molecule has 0 saturated carbocycles. The summed E-state index contributed by atoms with van der Waals surface area (Å²) < 4.78 is 4.97. The van der Waals surface area contributed by atoms with E-state index in [0.717, 1.165) is 0 Å². The minimum absolute atomic E-state index is 0.212. The standard InChI is InChI=1S/C8H14N2O3/c9-2-3-10-6-1-4-13-7(5-11)8(6)12/h1-4,6-8,10-12H,5,9H2/b3-2-. The Morgan fingerprint density at radius 2 is 2.38 bits per heavy atom. The summed E-state index contributed by atoms with van der Waals surface area (Å²) in [5.74, 6) is 0. The molecule has 0 amide bonds. The first-order chi connectivity index (χ1) is 6.29. The fraction of sp³-hybridized carbons (Fsp3) is 0.500. The predicted octanol–water partition coefficient (Wildman–Crippen LogP) is -1.36. The third-order valence-corrected chi connectivity index (χ3v) is 1.85. The highest BCUT2D eigenvalue weighted by atomic mass is 16.5. The van der Waals surface area contributed by atoms with Crippen molar-refractivity contribution in [3.8, 4) is 0 Å². The Labute approximate surface area is 76.5 Å². The number of ether oxygens (including phenoxy) is 1. The van der Waals surface area contributed by atoms with Gasteiger partial charge < -0.3 is 26.0 Å². The molecule has 0 aliphatic carbocycles. The third kappa shape index (κ3) is 2.37. The number of rotatable bonds is 3. The quantitative estimate of drug-likeness (QED) is 0.437. The van der Waals surface area contributed by atoms with Crippen molar-refractivity contribution in [1.29, 1.82) is 0 Å². The zero-order valence-corrected chi connectivity index (χ0v) is 7.13. The number of hydrogen-bond donors (Lipinski definition) is 4. The molecule has 0 aromatic carbocycles. The van der Waals surface area contributed by atoms with Crippen molar-refractivity contribution < 1.29 is 14.9 Å². The van der Waals surface area contributed by atoms with Gasteiger partial charge >= 0.3 is 0 Å². The first kappa shape index (κ1) is 9.88. The van der Waals surface area contributed by atoms with Crippen molar-refractivity contribution in [2.24, 2.45) is 5.73 Å². The van der Waals surface area contributed by atoms with Crippen LogP contribution in [0.3, 0.4) is 0 Å². The van der Waals surface area contributed by atoms with Gasteiger partial charge in [0.2, 0.25) is 0 Å². The van der Waals surface area contributed by atoms with E-state index in [1.54, 1.807) is 6.08 Å². The summed E-state index contributed by atoms with van der Waals surface area (Å²) in [7, 11) is 0. The molecule has 0 saturated heterocycles. The lowest BCUT2D eigenvalue weighted by Gasteiger charge is -2.30. The van der Waals surface area contributed by atoms with E-state index in [9.17, 15) is 5.11 Å². The van der Waals surface area contributed by atoms with E-state index in [1.165, 1.54) is 18.7 Å². The summed E-state index contributed by atoms with van der Waals surface area (Å²) in [6, 6.07) is -0.273. The fourth-order valence-corrected chi connectivity index (χ4v) is 1.13. The molecule has 0 radical (unpaired) electrons. The highest BCUT2D eigenvalue weighted by Gasteiger charge is 2.28. The Morgan fingerprint density at radius 1 is 1.62 bits per heavy atom. The molecule has 0 fully saturated rings. The first-order valence-corrected chi connectivity index (χ1v) is 4.03. The molecule has 0 bridgehead atoms. The number of hydrogen-bond acceptors (Lipinski definition) is 5. The van der Waals surface area contributed by atoms with Gasteiger partial charge in [-0.2, -0.15) is 0 Å². The summed E-state index contributed by atoms with van der Waals surface area (Å²) >= 11 is 0. The van der Waals surface area contributed by atoms with Crippen molar-refractivity contribution in [2.75, 3.05) is 6.61 Å². The second kappa shape index (κ2) is 4.74. The van der Waals surface area contributed by atoms with E-state index in [2.05, 4.69) is 5.32 Å². The summed E-state index contributed by atoms with van der Waals surface area (Å²) in [6.45, 7) is -0.212. The van der Waals surface area contributed by atoms with Crippen LogP contribution < -0.4 is 11.1 Å². The number of aliphatic hydroxyl groups is 2. The Balaban J connectivity index is 2.54. The van der Waals surface area contributed by atoms with Crippen molar-refractivity contribution >= 4 is 0 Å². The molecule has 5 N–H and O–H groups in total. The number of nitrogens with one attached hydrogen (secondary N) is 1. The summed E-state index contributed by atoms with van der Waals surface area (Å²) in [5, 5.41) is 21.2. The van der Waals surface area contributed by atoms with E-state index in [4.69, 9.17) is 15.6 Å². The van der Waals surface area contributed by atoms with Crippen LogP contribution >= 0.6 is 0 Å². The van der Waals surface area contributed by atoms with Crippen molar-refractivity contribution in [3.63, 3.8) is 0 Å². The Morgan fingerprint density at radius 3 is 3.00 bits per heavy atom. The van der Waals surface area contributed by atoms with Gasteiger partial charge in [-0.25, -0.2) is 0 Å². The number of aliphatic hydroxyl groups excluding tert-OH is 2. The lowest BCUT2D eigenvalue weighted by molar-refractivity contribution is -0.0424. The van der Waals surface area contributed by atoms with E-state index in [0.29, 0.717) is 0 Å². The molecule has 1 aliphatic rings. The first-order valence-electron chi connectivity index (χ1n) is 4.03. The second-order valence-electron chi connectivity index (χ2n) is 2.73. The van der Waals surface area contributed by atoms with Crippen LogP contribution in [0, 0.1) is 0 Å². The zero-order chi connectivity index (χ0) is 9.68. The zero-order valence-electron chi connectivity index (χ0n) is 7.13. The van der Waals surface area contributed by atoms with Gasteiger partial charge in [-0.05, 0) is 6.08 Å². The van der Waals surface area contributed by atoms with E-state index >= 15 is 0 Å². The lowest BCUT2D eigenvalue weighted by atomic mass is 10.0. The van der Waals surface area contributed by atoms with Crippen molar-refractivity contribution in [3.05, 3.63) is 24.7 Å². The average Bonchev–Trinajstić information content (AvgIpc) is 2.16. The van der Waals surface area contributed by atoms with Crippen LogP contribution in [0.25, 0.3) is 0 Å². The van der Waals surface area contributed by atoms with Gasteiger partial charge in [0.25, 0.3) is 0 Å². The van der Waals surface area contributed by atoms with Gasteiger partial charge in [0.15, 0.2) is 0 Å². The molecule has 1 aliphatic heterocycles. The van der Waals surface area contributed by atoms with Gasteiger partial charge in [-0.1, -0.05) is 0 Å². The molecule has 5 nitrogen and oxygen atoms in total. The molecular weight excluding hydrogens is 172 g/mol. The normalized spacial score (nSPS) is 33.2. The van der Waals surface area contributed by atoms with Gasteiger partial charge in [0.05, 0.1) is 18.9 Å². The Bertz CT molecular complexity index is 206. The monoisotopic (exact) mass is 186 g/mol. The Kier molecular flexibility index (Phi) is 3.60. The maximum absolute atomic E-state index is 9.58. The van der Waals surface area contributed by atoms with Crippen LogP contribution in [0.4, 0.5) is 0 Å². The minimum Gasteiger partial charge on any atom is -0.493 e. The van der Waals surface area contributed by atoms with Gasteiger partial charge in [-0.3, -0.25) is 0 Å². The third-order valence-electron chi connectivity index (χ3n) is 1.85. The number of nitrogens with two attached hydrogens (primary N) is 1. The van der Waals surface area contributed by atoms with E-state index in [-0.39, 0.29) is 12.6 Å². The molecule has 3 unspecified atom stereocenters. The molecule has 5 heteroatoms. The molecule has 0 aromatic rings. The molecule has 0 spiro atoms. The summed E-state index contributed by atoms with van der Waals surface area (Å²) in [6.07, 6.45) is 4.63. The van der Waals surface area contributed by atoms with Crippen molar-refractivity contribution in [2.45, 2.75) is 18.2 Å². The lowest BCUT2D eigenvalue weighted by Crippen LogP contribution is -2.47. The van der Waals surface area contributed by atoms with Crippen LogP contribution in [0.2, 0.25) is 0 Å². The molecule has 1 rings (SSSR count). The SMILES string of the molecule is N/C=C\NC1C=COC(CO)C1O. The molecule has 3 atom stereocenters. The Hall–Kier alpha value is -1.20. The minimum atomic E-state index is -0.772. The van der Waals surface area contributed by atoms with Crippen LogP contribution in [0.1, 0.15) is 0 Å². The van der Waals surface area contributed by atoms with Crippen LogP contribution in [0.15, 0.2) is 24.7 Å². The molecule has 1 heterocycles. The van der Waals surface area contributed by atoms with Crippen LogP contribution in [-0.2, 0) is 4.74 Å². The fourth-order valence-electron chi connectivity index (χ4n) is 1.13. The predicted molar refractivity (Wildman–Crippen MR) is 47.4 cm³/mol. The highest BCUT2D eigenvalue weighted by Crippen LogP contribution is 2.11. The van der Waals surface area contributed by atoms with E-state index < -0.39 is 12.2 Å². The molecule has 13 heavy (non-hydrogen) atoms. The van der Waals surface area contributed by atoms with Crippen LogP contribution in [-0.4, -0.2) is 35.1 Å². The van der Waals surface area contributed by atoms with E-state index in [1.807, 2.05) is 0 Å².